The van der Waals surface area contributed by atoms with Crippen molar-refractivity contribution >= 4 is 23.5 Å². The van der Waals surface area contributed by atoms with E-state index in [1.54, 1.807) is 24.3 Å². The summed E-state index contributed by atoms with van der Waals surface area (Å²) in [5, 5.41) is 10.8. The molecule has 0 unspecified atom stereocenters. The highest BCUT2D eigenvalue weighted by Crippen LogP contribution is 2.21. The van der Waals surface area contributed by atoms with Crippen molar-refractivity contribution < 1.29 is 9.21 Å². The molecule has 3 aromatic rings. The monoisotopic (exact) mass is 313 g/mol. The van der Waals surface area contributed by atoms with Gasteiger partial charge >= 0.3 is 6.01 Å². The second-order valence-electron chi connectivity index (χ2n) is 4.75. The molecule has 0 fully saturated rings. The molecule has 0 radical (unpaired) electrons. The van der Waals surface area contributed by atoms with E-state index in [4.69, 9.17) is 16.0 Å². The van der Waals surface area contributed by atoms with Gasteiger partial charge in [0, 0.05) is 16.1 Å². The molecule has 5 nitrogen and oxygen atoms in total. The number of benzene rings is 2. The molecule has 0 bridgehead atoms. The van der Waals surface area contributed by atoms with Crippen LogP contribution in [0.4, 0.5) is 6.01 Å². The van der Waals surface area contributed by atoms with Crippen molar-refractivity contribution in [3.63, 3.8) is 0 Å². The van der Waals surface area contributed by atoms with Crippen LogP contribution in [0.5, 0.6) is 0 Å². The van der Waals surface area contributed by atoms with Gasteiger partial charge < -0.3 is 4.42 Å². The summed E-state index contributed by atoms with van der Waals surface area (Å²) in [4.78, 5) is 12.1. The van der Waals surface area contributed by atoms with Crippen LogP contribution in [0, 0.1) is 6.92 Å². The first-order valence-corrected chi connectivity index (χ1v) is 6.97. The van der Waals surface area contributed by atoms with E-state index in [1.807, 2.05) is 31.2 Å². The lowest BCUT2D eigenvalue weighted by Gasteiger charge is -2.00. The Morgan fingerprint density at radius 3 is 2.73 bits per heavy atom. The zero-order chi connectivity index (χ0) is 15.5. The third-order valence-corrected chi connectivity index (χ3v) is 3.23. The zero-order valence-corrected chi connectivity index (χ0v) is 12.5. The van der Waals surface area contributed by atoms with Crippen molar-refractivity contribution in [2.45, 2.75) is 6.92 Å². The second kappa shape index (κ2) is 5.99. The van der Waals surface area contributed by atoms with Crippen molar-refractivity contribution in [1.82, 2.24) is 10.2 Å². The van der Waals surface area contributed by atoms with Gasteiger partial charge in [-0.05, 0) is 37.3 Å². The Hall–Kier alpha value is -2.66. The summed E-state index contributed by atoms with van der Waals surface area (Å²) in [6.45, 7) is 1.97. The van der Waals surface area contributed by atoms with Gasteiger partial charge in [0.2, 0.25) is 5.89 Å². The van der Waals surface area contributed by atoms with Gasteiger partial charge in [-0.25, -0.2) is 0 Å². The number of hydrogen-bond donors (Lipinski definition) is 1. The van der Waals surface area contributed by atoms with Crippen molar-refractivity contribution in [3.05, 3.63) is 64.7 Å². The smallest absolute Gasteiger partial charge is 0.322 e. The minimum absolute atomic E-state index is 0.0430. The molecule has 0 aliphatic rings. The number of rotatable bonds is 3. The first-order valence-electron chi connectivity index (χ1n) is 6.59. The molecule has 6 heteroatoms. The number of nitrogens with one attached hydrogen (secondary N) is 1. The minimum atomic E-state index is -0.359. The Balaban J connectivity index is 1.78. The van der Waals surface area contributed by atoms with Crippen molar-refractivity contribution in [3.8, 4) is 11.5 Å². The van der Waals surface area contributed by atoms with Gasteiger partial charge in [-0.15, -0.1) is 5.10 Å². The largest absolute Gasteiger partial charge is 0.403 e. The Kier molecular flexibility index (Phi) is 3.89. The molecule has 22 heavy (non-hydrogen) atoms. The molecule has 1 aromatic heterocycles. The fraction of sp³-hybridized carbons (Fsp3) is 0.0625. The average Bonchev–Trinajstić information content (AvgIpc) is 2.96. The number of hydrogen-bond acceptors (Lipinski definition) is 4. The molecule has 3 rings (SSSR count). The lowest BCUT2D eigenvalue weighted by molar-refractivity contribution is 0.102. The molecule has 110 valence electrons. The minimum Gasteiger partial charge on any atom is -0.403 e. The van der Waals surface area contributed by atoms with E-state index in [9.17, 15) is 4.79 Å². The quantitative estimate of drug-likeness (QED) is 0.795. The molecule has 0 saturated carbocycles. The van der Waals surface area contributed by atoms with Gasteiger partial charge in [0.25, 0.3) is 5.91 Å². The molecule has 1 N–H and O–H groups in total. The van der Waals surface area contributed by atoms with Crippen LogP contribution in [0.25, 0.3) is 11.5 Å². The maximum Gasteiger partial charge on any atom is 0.322 e. The lowest BCUT2D eigenvalue weighted by atomic mass is 10.1. The molecular weight excluding hydrogens is 302 g/mol. The van der Waals surface area contributed by atoms with E-state index in [0.717, 1.165) is 11.1 Å². The molecule has 0 aliphatic heterocycles. The maximum absolute atomic E-state index is 12.1. The van der Waals surface area contributed by atoms with E-state index >= 15 is 0 Å². The van der Waals surface area contributed by atoms with E-state index in [-0.39, 0.29) is 11.9 Å². The topological polar surface area (TPSA) is 68.0 Å². The highest BCUT2D eigenvalue weighted by Gasteiger charge is 2.13. The number of halogens is 1. The van der Waals surface area contributed by atoms with Gasteiger partial charge in [-0.1, -0.05) is 40.5 Å². The van der Waals surface area contributed by atoms with Crippen LogP contribution in [0.2, 0.25) is 5.02 Å². The SMILES string of the molecule is Cc1cccc(-c2nnc(NC(=O)c3cccc(Cl)c3)o2)c1. The fourth-order valence-electron chi connectivity index (χ4n) is 1.97. The Morgan fingerprint density at radius 2 is 1.95 bits per heavy atom. The third kappa shape index (κ3) is 3.15. The van der Waals surface area contributed by atoms with E-state index in [0.29, 0.717) is 16.5 Å². The van der Waals surface area contributed by atoms with Gasteiger partial charge in [-0.3, -0.25) is 10.1 Å². The number of amides is 1. The summed E-state index contributed by atoms with van der Waals surface area (Å²) in [5.74, 6) is -0.00737. The van der Waals surface area contributed by atoms with Gasteiger partial charge in [0.15, 0.2) is 0 Å². The zero-order valence-electron chi connectivity index (χ0n) is 11.7. The van der Waals surface area contributed by atoms with Gasteiger partial charge in [0.1, 0.15) is 0 Å². The standard InChI is InChI=1S/C16H12ClN3O2/c1-10-4-2-6-12(8-10)15-19-20-16(22-15)18-14(21)11-5-3-7-13(17)9-11/h2-9H,1H3,(H,18,20,21). The molecule has 1 heterocycles. The molecule has 0 atom stereocenters. The Bertz CT molecular complexity index is 830. The first-order chi connectivity index (χ1) is 10.6. The second-order valence-corrected chi connectivity index (χ2v) is 5.18. The van der Waals surface area contributed by atoms with Crippen LogP contribution >= 0.6 is 11.6 Å². The van der Waals surface area contributed by atoms with Crippen molar-refractivity contribution in [1.29, 1.82) is 0 Å². The van der Waals surface area contributed by atoms with Crippen LogP contribution in [0.15, 0.2) is 52.9 Å². The number of nitrogens with zero attached hydrogens (tertiary/aromatic N) is 2. The molecule has 1 amide bonds. The number of carbonyl (C=O) groups is 1. The van der Waals surface area contributed by atoms with E-state index < -0.39 is 0 Å². The predicted molar refractivity (Wildman–Crippen MR) is 83.9 cm³/mol. The Labute approximate surface area is 131 Å². The van der Waals surface area contributed by atoms with E-state index in [1.165, 1.54) is 0 Å². The van der Waals surface area contributed by atoms with Crippen molar-refractivity contribution in [2.75, 3.05) is 5.32 Å². The van der Waals surface area contributed by atoms with Crippen LogP contribution in [0.3, 0.4) is 0 Å². The summed E-state index contributed by atoms with van der Waals surface area (Å²) in [7, 11) is 0. The molecule has 0 aliphatic carbocycles. The molecule has 0 saturated heterocycles. The predicted octanol–water partition coefficient (Wildman–Crippen LogP) is 3.95. The van der Waals surface area contributed by atoms with Gasteiger partial charge in [0.05, 0.1) is 0 Å². The summed E-state index contributed by atoms with van der Waals surface area (Å²) in [6, 6.07) is 14.3. The highest BCUT2D eigenvalue weighted by molar-refractivity contribution is 6.31. The maximum atomic E-state index is 12.1. The number of anilines is 1. The third-order valence-electron chi connectivity index (χ3n) is 3.00. The summed E-state index contributed by atoms with van der Waals surface area (Å²) in [5.41, 5.74) is 2.30. The summed E-state index contributed by atoms with van der Waals surface area (Å²) in [6.07, 6.45) is 0. The lowest BCUT2D eigenvalue weighted by Crippen LogP contribution is -2.11. The van der Waals surface area contributed by atoms with Crippen LogP contribution in [-0.4, -0.2) is 16.1 Å². The van der Waals surface area contributed by atoms with Gasteiger partial charge in [-0.2, -0.15) is 0 Å². The summed E-state index contributed by atoms with van der Waals surface area (Å²) >= 11 is 5.86. The molecular formula is C16H12ClN3O2. The number of carbonyl (C=O) groups excluding carboxylic acids is 1. The molecule has 2 aromatic carbocycles. The number of aromatic nitrogens is 2. The highest BCUT2D eigenvalue weighted by atomic mass is 35.5. The first kappa shape index (κ1) is 14.3. The molecule has 0 spiro atoms. The van der Waals surface area contributed by atoms with Crippen molar-refractivity contribution in [2.24, 2.45) is 0 Å². The van der Waals surface area contributed by atoms with Crippen LogP contribution < -0.4 is 5.32 Å². The summed E-state index contributed by atoms with van der Waals surface area (Å²) < 4.78 is 5.46. The fourth-order valence-corrected chi connectivity index (χ4v) is 2.16. The van der Waals surface area contributed by atoms with E-state index in [2.05, 4.69) is 15.5 Å². The average molecular weight is 314 g/mol. The normalized spacial score (nSPS) is 10.5. The van der Waals surface area contributed by atoms with Crippen LogP contribution in [-0.2, 0) is 0 Å². The van der Waals surface area contributed by atoms with Crippen LogP contribution in [0.1, 0.15) is 15.9 Å². The number of aryl methyl sites for hydroxylation is 1. The Morgan fingerprint density at radius 1 is 1.14 bits per heavy atom.